The summed E-state index contributed by atoms with van der Waals surface area (Å²) in [6, 6.07) is 31.8. The molecule has 0 atom stereocenters. The van der Waals surface area contributed by atoms with E-state index in [1.807, 2.05) is 0 Å². The third-order valence-electron chi connectivity index (χ3n) is 10.3. The molecule has 0 fully saturated rings. The molecule has 0 saturated heterocycles. The number of unbranched alkanes of at least 4 members (excludes halogenated alkanes) is 12. The molecule has 0 bridgehead atoms. The van der Waals surface area contributed by atoms with Crippen molar-refractivity contribution in [1.29, 1.82) is 0 Å². The fourth-order valence-electron chi connectivity index (χ4n) is 7.07. The van der Waals surface area contributed by atoms with Crippen LogP contribution >= 0.6 is 0 Å². The Labute approximate surface area is 300 Å². The highest BCUT2D eigenvalue weighted by Crippen LogP contribution is 2.22. The van der Waals surface area contributed by atoms with Crippen LogP contribution < -0.4 is 11.5 Å². The van der Waals surface area contributed by atoms with Gasteiger partial charge in [-0.25, -0.2) is 0 Å². The maximum atomic E-state index is 6.20. The lowest BCUT2D eigenvalue weighted by Crippen LogP contribution is -1.97. The molecule has 2 heteroatoms. The number of anilines is 2. The zero-order valence-electron chi connectivity index (χ0n) is 31.1. The van der Waals surface area contributed by atoms with E-state index in [4.69, 9.17) is 11.5 Å². The van der Waals surface area contributed by atoms with E-state index in [1.165, 1.54) is 154 Å². The fraction of sp³-hybridized carbons (Fsp3) is 0.489. The van der Waals surface area contributed by atoms with Gasteiger partial charge in [-0.1, -0.05) is 157 Å². The third-order valence-corrected chi connectivity index (χ3v) is 10.3. The van der Waals surface area contributed by atoms with Gasteiger partial charge in [-0.05, 0) is 121 Å². The van der Waals surface area contributed by atoms with E-state index in [1.54, 1.807) is 0 Å². The Bertz CT molecular complexity index is 1350. The van der Waals surface area contributed by atoms with Gasteiger partial charge in [-0.15, -0.1) is 0 Å². The van der Waals surface area contributed by atoms with Crippen molar-refractivity contribution >= 4 is 11.4 Å². The molecular weight excluding hydrogens is 593 g/mol. The maximum Gasteiger partial charge on any atom is 0.0346 e. The van der Waals surface area contributed by atoms with Gasteiger partial charge < -0.3 is 11.5 Å². The molecule has 0 spiro atoms. The lowest BCUT2D eigenvalue weighted by Gasteiger charge is -2.09. The molecule has 0 heterocycles. The van der Waals surface area contributed by atoms with Crippen molar-refractivity contribution in [2.75, 3.05) is 11.5 Å². The van der Waals surface area contributed by atoms with E-state index in [2.05, 4.69) is 98.8 Å². The number of rotatable bonds is 24. The van der Waals surface area contributed by atoms with Crippen LogP contribution in [0.15, 0.2) is 84.9 Å². The van der Waals surface area contributed by atoms with E-state index in [-0.39, 0.29) is 0 Å². The van der Waals surface area contributed by atoms with E-state index >= 15 is 0 Å². The lowest BCUT2D eigenvalue weighted by molar-refractivity contribution is 0.545. The van der Waals surface area contributed by atoms with Gasteiger partial charge in [0.15, 0.2) is 0 Å². The highest BCUT2D eigenvalue weighted by atomic mass is 14.6. The topological polar surface area (TPSA) is 52.0 Å². The minimum Gasteiger partial charge on any atom is -0.399 e. The average Bonchev–Trinajstić information content (AvgIpc) is 3.12. The molecule has 0 aliphatic heterocycles. The molecule has 0 radical (unpaired) electrons. The van der Waals surface area contributed by atoms with Crippen molar-refractivity contribution < 1.29 is 0 Å². The summed E-state index contributed by atoms with van der Waals surface area (Å²) in [6.45, 7) is 4.47. The zero-order chi connectivity index (χ0) is 34.5. The first-order chi connectivity index (χ1) is 24.0. The Morgan fingerprint density at radius 2 is 0.633 bits per heavy atom. The Balaban J connectivity index is 0.977. The van der Waals surface area contributed by atoms with Gasteiger partial charge in [0.05, 0.1) is 0 Å². The van der Waals surface area contributed by atoms with Crippen LogP contribution in [-0.2, 0) is 38.5 Å². The van der Waals surface area contributed by atoms with E-state index in [0.717, 1.165) is 37.1 Å². The van der Waals surface area contributed by atoms with Crippen LogP contribution in [0, 0.1) is 0 Å². The molecule has 4 aromatic rings. The molecule has 0 unspecified atom stereocenters. The molecule has 0 aliphatic carbocycles. The van der Waals surface area contributed by atoms with Crippen LogP contribution in [0.1, 0.15) is 155 Å². The number of nitrogen functional groups attached to an aromatic ring is 2. The lowest BCUT2D eigenvalue weighted by atomic mass is 9.97. The van der Waals surface area contributed by atoms with E-state index in [0.29, 0.717) is 0 Å². The zero-order valence-corrected chi connectivity index (χ0v) is 31.1. The van der Waals surface area contributed by atoms with Gasteiger partial charge in [0, 0.05) is 11.4 Å². The van der Waals surface area contributed by atoms with Crippen molar-refractivity contribution in [3.05, 3.63) is 129 Å². The molecule has 4 N–H and O–H groups in total. The summed E-state index contributed by atoms with van der Waals surface area (Å²) in [5.41, 5.74) is 25.4. The number of hydrogen-bond acceptors (Lipinski definition) is 2. The first-order valence-corrected chi connectivity index (χ1v) is 19.9. The summed E-state index contributed by atoms with van der Waals surface area (Å²) in [4.78, 5) is 0. The number of nitrogens with two attached hydrogens (primary N) is 2. The Morgan fingerprint density at radius 3 is 0.980 bits per heavy atom. The van der Waals surface area contributed by atoms with Gasteiger partial charge in [-0.3, -0.25) is 0 Å². The number of aryl methyl sites for hydroxylation is 4. The average molecular weight is 659 g/mol. The van der Waals surface area contributed by atoms with Crippen molar-refractivity contribution in [2.45, 2.75) is 149 Å². The van der Waals surface area contributed by atoms with Crippen LogP contribution in [0.2, 0.25) is 0 Å². The SMILES string of the molecule is CCCCc1cc(Cc2ccc(CCCCCCCCCCCCCc3ccc(Cc4ccc(N)c(CCCC)c4)cc3)cc2)ccc1N. The first-order valence-electron chi connectivity index (χ1n) is 19.9. The summed E-state index contributed by atoms with van der Waals surface area (Å²) in [7, 11) is 0. The Morgan fingerprint density at radius 1 is 0.327 bits per heavy atom. The predicted octanol–water partition coefficient (Wildman–Crippen LogP) is 12.8. The Kier molecular flexibility index (Phi) is 17.4. The van der Waals surface area contributed by atoms with Crippen LogP contribution in [0.5, 0.6) is 0 Å². The van der Waals surface area contributed by atoms with Gasteiger partial charge in [0.25, 0.3) is 0 Å². The molecule has 0 saturated carbocycles. The molecule has 49 heavy (non-hydrogen) atoms. The standard InChI is InChI=1S/C47H66N2/c1-3-5-20-44-36-42(30-32-46(44)48)34-40-26-22-38(23-27-40)18-16-14-12-10-8-7-9-11-13-15-17-19-39-24-28-41(29-25-39)35-43-31-33-47(49)45(37-43)21-6-4-2/h22-33,36-37H,3-21,34-35,48-49H2,1-2H3. The highest BCUT2D eigenvalue weighted by molar-refractivity contribution is 5.50. The Hall–Kier alpha value is -3.52. The van der Waals surface area contributed by atoms with Gasteiger partial charge in [0.2, 0.25) is 0 Å². The molecule has 0 aromatic heterocycles. The van der Waals surface area contributed by atoms with Gasteiger partial charge in [0.1, 0.15) is 0 Å². The summed E-state index contributed by atoms with van der Waals surface area (Å²) in [6.07, 6.45) is 26.5. The molecule has 4 aromatic carbocycles. The first kappa shape index (κ1) is 38.3. The van der Waals surface area contributed by atoms with Crippen molar-refractivity contribution in [3.63, 3.8) is 0 Å². The van der Waals surface area contributed by atoms with Crippen molar-refractivity contribution in [2.24, 2.45) is 0 Å². The molecule has 2 nitrogen and oxygen atoms in total. The summed E-state index contributed by atoms with van der Waals surface area (Å²) >= 11 is 0. The summed E-state index contributed by atoms with van der Waals surface area (Å²) in [5.74, 6) is 0. The van der Waals surface area contributed by atoms with Gasteiger partial charge >= 0.3 is 0 Å². The molecular formula is C47H66N2. The second kappa shape index (κ2) is 22.2. The normalized spacial score (nSPS) is 11.3. The van der Waals surface area contributed by atoms with Gasteiger partial charge in [-0.2, -0.15) is 0 Å². The molecule has 4 rings (SSSR count). The maximum absolute atomic E-state index is 6.20. The minimum atomic E-state index is 0.940. The summed E-state index contributed by atoms with van der Waals surface area (Å²) in [5, 5.41) is 0. The monoisotopic (exact) mass is 659 g/mol. The van der Waals surface area contributed by atoms with E-state index < -0.39 is 0 Å². The van der Waals surface area contributed by atoms with Crippen LogP contribution in [0.3, 0.4) is 0 Å². The summed E-state index contributed by atoms with van der Waals surface area (Å²) < 4.78 is 0. The predicted molar refractivity (Wildman–Crippen MR) is 216 cm³/mol. The highest BCUT2D eigenvalue weighted by Gasteiger charge is 2.05. The quantitative estimate of drug-likeness (QED) is 0.0581. The number of hydrogen-bond donors (Lipinski definition) is 2. The number of benzene rings is 4. The largest absolute Gasteiger partial charge is 0.399 e. The third kappa shape index (κ3) is 14.5. The molecule has 0 amide bonds. The second-order valence-electron chi connectivity index (χ2n) is 14.6. The van der Waals surface area contributed by atoms with Crippen LogP contribution in [0.4, 0.5) is 11.4 Å². The van der Waals surface area contributed by atoms with Crippen molar-refractivity contribution in [1.82, 2.24) is 0 Å². The van der Waals surface area contributed by atoms with Crippen LogP contribution in [-0.4, -0.2) is 0 Å². The smallest absolute Gasteiger partial charge is 0.0346 e. The van der Waals surface area contributed by atoms with E-state index in [9.17, 15) is 0 Å². The molecule has 0 aliphatic rings. The van der Waals surface area contributed by atoms with Crippen LogP contribution in [0.25, 0.3) is 0 Å². The fourth-order valence-corrected chi connectivity index (χ4v) is 7.07. The minimum absolute atomic E-state index is 0.940. The van der Waals surface area contributed by atoms with Crippen molar-refractivity contribution in [3.8, 4) is 0 Å². The molecule has 264 valence electrons. The second-order valence-corrected chi connectivity index (χ2v) is 14.6.